The predicted molar refractivity (Wildman–Crippen MR) is 81.0 cm³/mol. The second-order valence-corrected chi connectivity index (χ2v) is 7.07. The van der Waals surface area contributed by atoms with E-state index in [-0.39, 0.29) is 5.41 Å². The van der Waals surface area contributed by atoms with Gasteiger partial charge in [0.25, 0.3) is 0 Å². The van der Waals surface area contributed by atoms with Gasteiger partial charge in [-0.15, -0.1) is 11.8 Å². The third-order valence-corrected chi connectivity index (χ3v) is 4.36. The molecule has 0 aromatic heterocycles. The highest BCUT2D eigenvalue weighted by Gasteiger charge is 2.20. The minimum atomic E-state index is -0.210. The van der Waals surface area contributed by atoms with Crippen LogP contribution in [0.15, 0.2) is 29.2 Å². The zero-order valence-corrected chi connectivity index (χ0v) is 12.6. The molecule has 0 amide bonds. The number of hydrogen-bond acceptors (Lipinski definition) is 3. The summed E-state index contributed by atoms with van der Waals surface area (Å²) < 4.78 is 0. The normalized spacial score (nSPS) is 15.2. The zero-order valence-electron chi connectivity index (χ0n) is 11.8. The Morgan fingerprint density at radius 3 is 2.89 bits per heavy atom. The Morgan fingerprint density at radius 2 is 2.21 bits per heavy atom. The van der Waals surface area contributed by atoms with E-state index in [4.69, 9.17) is 5.26 Å². The summed E-state index contributed by atoms with van der Waals surface area (Å²) in [6.45, 7) is 4.98. The molecule has 1 aromatic rings. The fourth-order valence-corrected chi connectivity index (χ4v) is 3.03. The highest BCUT2D eigenvalue weighted by Crippen LogP contribution is 2.26. The number of hydrogen-bond donors (Lipinski definition) is 1. The van der Waals surface area contributed by atoms with Gasteiger partial charge in [0.1, 0.15) is 0 Å². The Kier molecular flexibility index (Phi) is 4.90. The van der Waals surface area contributed by atoms with Crippen molar-refractivity contribution in [2.24, 2.45) is 5.41 Å². The maximum Gasteiger partial charge on any atom is 0.0684 e. The van der Waals surface area contributed by atoms with Crippen LogP contribution < -0.4 is 5.32 Å². The quantitative estimate of drug-likeness (QED) is 0.764. The van der Waals surface area contributed by atoms with Crippen molar-refractivity contribution in [3.05, 3.63) is 29.8 Å². The number of nitrogens with one attached hydrogen (secondary N) is 1. The van der Waals surface area contributed by atoms with Crippen LogP contribution in [0.5, 0.6) is 0 Å². The van der Waals surface area contributed by atoms with Crippen LogP contribution in [0.3, 0.4) is 0 Å². The molecule has 1 aliphatic carbocycles. The lowest BCUT2D eigenvalue weighted by Gasteiger charge is -2.14. The van der Waals surface area contributed by atoms with E-state index < -0.39 is 0 Å². The summed E-state index contributed by atoms with van der Waals surface area (Å²) in [6, 6.07) is 11.8. The number of rotatable bonds is 7. The van der Waals surface area contributed by atoms with Crippen LogP contribution >= 0.6 is 11.8 Å². The molecule has 0 heterocycles. The van der Waals surface area contributed by atoms with E-state index in [0.717, 1.165) is 24.8 Å². The van der Waals surface area contributed by atoms with Crippen LogP contribution in [0.4, 0.5) is 0 Å². The molecule has 102 valence electrons. The molecule has 1 saturated carbocycles. The summed E-state index contributed by atoms with van der Waals surface area (Å²) in [5.41, 5.74) is 1.15. The average molecular weight is 274 g/mol. The summed E-state index contributed by atoms with van der Waals surface area (Å²) in [5.74, 6) is 1.00. The van der Waals surface area contributed by atoms with Crippen LogP contribution in [0, 0.1) is 16.7 Å². The topological polar surface area (TPSA) is 35.8 Å². The Bertz CT molecular complexity index is 458. The summed E-state index contributed by atoms with van der Waals surface area (Å²) in [5, 5.41) is 12.5. The lowest BCUT2D eigenvalue weighted by atomic mass is 9.93. The third-order valence-electron chi connectivity index (χ3n) is 3.37. The Hall–Kier alpha value is -0.980. The highest BCUT2D eigenvalue weighted by molar-refractivity contribution is 7.99. The van der Waals surface area contributed by atoms with Gasteiger partial charge in [0.15, 0.2) is 0 Å². The minimum Gasteiger partial charge on any atom is -0.310 e. The molecular formula is C16H22N2S. The van der Waals surface area contributed by atoms with E-state index in [0.29, 0.717) is 0 Å². The first-order valence-electron chi connectivity index (χ1n) is 6.95. The maximum absolute atomic E-state index is 9.00. The summed E-state index contributed by atoms with van der Waals surface area (Å²) in [7, 11) is 0. The number of nitriles is 1. The molecule has 0 aliphatic heterocycles. The largest absolute Gasteiger partial charge is 0.310 e. The van der Waals surface area contributed by atoms with Gasteiger partial charge >= 0.3 is 0 Å². The molecule has 2 nitrogen and oxygen atoms in total. The van der Waals surface area contributed by atoms with Gasteiger partial charge in [-0.25, -0.2) is 0 Å². The van der Waals surface area contributed by atoms with Gasteiger partial charge in [-0.2, -0.15) is 5.26 Å². The lowest BCUT2D eigenvalue weighted by molar-refractivity contribution is 0.482. The van der Waals surface area contributed by atoms with Crippen molar-refractivity contribution in [3.8, 4) is 6.07 Å². The first-order valence-corrected chi connectivity index (χ1v) is 7.94. The second kappa shape index (κ2) is 6.45. The Labute approximate surface area is 120 Å². The van der Waals surface area contributed by atoms with Gasteiger partial charge < -0.3 is 5.32 Å². The van der Waals surface area contributed by atoms with Crippen LogP contribution in [-0.4, -0.2) is 11.8 Å². The molecule has 19 heavy (non-hydrogen) atoms. The van der Waals surface area contributed by atoms with Crippen LogP contribution in [0.2, 0.25) is 0 Å². The summed E-state index contributed by atoms with van der Waals surface area (Å²) >= 11 is 1.85. The average Bonchev–Trinajstić information content (AvgIpc) is 3.21. The first-order chi connectivity index (χ1) is 9.09. The van der Waals surface area contributed by atoms with Crippen molar-refractivity contribution in [1.29, 1.82) is 5.26 Å². The van der Waals surface area contributed by atoms with Crippen molar-refractivity contribution in [1.82, 2.24) is 5.32 Å². The van der Waals surface area contributed by atoms with Crippen molar-refractivity contribution in [2.45, 2.75) is 50.6 Å². The van der Waals surface area contributed by atoms with E-state index in [9.17, 15) is 0 Å². The third kappa shape index (κ3) is 5.26. The van der Waals surface area contributed by atoms with Crippen LogP contribution in [0.25, 0.3) is 0 Å². The van der Waals surface area contributed by atoms with Crippen molar-refractivity contribution in [3.63, 3.8) is 0 Å². The highest BCUT2D eigenvalue weighted by atomic mass is 32.2. The van der Waals surface area contributed by atoms with E-state index >= 15 is 0 Å². The van der Waals surface area contributed by atoms with E-state index in [1.54, 1.807) is 0 Å². The molecule has 0 bridgehead atoms. The zero-order chi connectivity index (χ0) is 13.7. The fourth-order valence-electron chi connectivity index (χ4n) is 1.77. The standard InChI is InChI=1S/C16H22N2S/c1-16(2,12-17)8-9-19-15-5-3-4-13(10-15)11-18-14-6-7-14/h3-5,10,14,18H,6-9,11H2,1-2H3. The summed E-state index contributed by atoms with van der Waals surface area (Å²) in [6.07, 6.45) is 3.59. The monoisotopic (exact) mass is 274 g/mol. The van der Waals surface area contributed by atoms with Gasteiger partial charge in [0.05, 0.1) is 11.5 Å². The van der Waals surface area contributed by atoms with Crippen molar-refractivity contribution >= 4 is 11.8 Å². The molecule has 1 N–H and O–H groups in total. The van der Waals surface area contributed by atoms with Gasteiger partial charge in [0.2, 0.25) is 0 Å². The van der Waals surface area contributed by atoms with Gasteiger partial charge in [-0.3, -0.25) is 0 Å². The molecule has 0 saturated heterocycles. The Balaban J connectivity index is 1.79. The van der Waals surface area contributed by atoms with Crippen LogP contribution in [-0.2, 0) is 6.54 Å². The SMILES string of the molecule is CC(C)(C#N)CCSc1cccc(CNC2CC2)c1. The molecule has 1 fully saturated rings. The molecule has 0 unspecified atom stereocenters. The maximum atomic E-state index is 9.00. The minimum absolute atomic E-state index is 0.210. The molecule has 3 heteroatoms. The molecule has 2 rings (SSSR count). The molecule has 0 radical (unpaired) electrons. The smallest absolute Gasteiger partial charge is 0.0684 e. The molecule has 1 aliphatic rings. The number of thioether (sulfide) groups is 1. The van der Waals surface area contributed by atoms with Gasteiger partial charge in [-0.1, -0.05) is 12.1 Å². The second-order valence-electron chi connectivity index (χ2n) is 5.90. The lowest BCUT2D eigenvalue weighted by Crippen LogP contribution is -2.15. The number of benzene rings is 1. The molecule has 1 aromatic carbocycles. The number of nitrogens with zero attached hydrogens (tertiary/aromatic N) is 1. The van der Waals surface area contributed by atoms with Crippen molar-refractivity contribution in [2.75, 3.05) is 5.75 Å². The Morgan fingerprint density at radius 1 is 1.42 bits per heavy atom. The fraction of sp³-hybridized carbons (Fsp3) is 0.562. The molecular weight excluding hydrogens is 252 g/mol. The first kappa shape index (κ1) is 14.4. The summed E-state index contributed by atoms with van der Waals surface area (Å²) in [4.78, 5) is 1.31. The van der Waals surface area contributed by atoms with Gasteiger partial charge in [-0.05, 0) is 56.6 Å². The molecule has 0 spiro atoms. The van der Waals surface area contributed by atoms with E-state index in [1.807, 2.05) is 25.6 Å². The van der Waals surface area contributed by atoms with Crippen LogP contribution in [0.1, 0.15) is 38.7 Å². The van der Waals surface area contributed by atoms with Crippen molar-refractivity contribution < 1.29 is 0 Å². The van der Waals surface area contributed by atoms with E-state index in [1.165, 1.54) is 23.3 Å². The van der Waals surface area contributed by atoms with Gasteiger partial charge in [0, 0.05) is 17.5 Å². The van der Waals surface area contributed by atoms with E-state index in [2.05, 4.69) is 35.7 Å². The molecule has 0 atom stereocenters. The predicted octanol–water partition coefficient (Wildman–Crippen LogP) is 3.97.